The van der Waals surface area contributed by atoms with Crippen LogP contribution in [0.4, 0.5) is 5.69 Å². The lowest BCUT2D eigenvalue weighted by Gasteiger charge is -2.18. The number of nitrogens with one attached hydrogen (secondary N) is 1. The van der Waals surface area contributed by atoms with Crippen molar-refractivity contribution in [2.75, 3.05) is 5.32 Å². The van der Waals surface area contributed by atoms with Gasteiger partial charge in [0.1, 0.15) is 5.41 Å². The van der Waals surface area contributed by atoms with Crippen molar-refractivity contribution < 1.29 is 14.7 Å². The molecule has 1 aromatic carbocycles. The number of carboxylic acid groups (broad SMARTS) is 1. The van der Waals surface area contributed by atoms with Crippen molar-refractivity contribution in [3.05, 3.63) is 27.7 Å². The molecule has 0 bridgehead atoms. The molecule has 0 aliphatic heterocycles. The number of carbonyl (C=O) groups excluding carboxylic acids is 1. The fourth-order valence-corrected chi connectivity index (χ4v) is 1.39. The maximum absolute atomic E-state index is 11.7. The minimum absolute atomic E-state index is 0.441. The summed E-state index contributed by atoms with van der Waals surface area (Å²) in [5.74, 6) is -1.78. The van der Waals surface area contributed by atoms with Gasteiger partial charge in [-0.1, -0.05) is 11.6 Å². The molecule has 17 heavy (non-hydrogen) atoms. The second-order valence-electron chi connectivity index (χ2n) is 4.01. The van der Waals surface area contributed by atoms with E-state index in [4.69, 9.17) is 16.7 Å². The fourth-order valence-electron chi connectivity index (χ4n) is 0.958. The number of hydrogen-bond donors (Lipinski definition) is 2. The molecule has 0 atom stereocenters. The lowest BCUT2D eigenvalue weighted by atomic mass is 9.92. The minimum atomic E-state index is -1.49. The molecule has 0 saturated carbocycles. The summed E-state index contributed by atoms with van der Waals surface area (Å²) >= 11 is 9.08. The summed E-state index contributed by atoms with van der Waals surface area (Å²) in [4.78, 5) is 22.6. The third kappa shape index (κ3) is 3.20. The molecular weight excluding hydrogens is 309 g/mol. The molecule has 0 spiro atoms. The summed E-state index contributed by atoms with van der Waals surface area (Å²) < 4.78 is 0.703. The fraction of sp³-hybridized carbons (Fsp3) is 0.273. The Balaban J connectivity index is 2.89. The Morgan fingerprint density at radius 3 is 2.47 bits per heavy atom. The number of halogens is 2. The average molecular weight is 321 g/mol. The normalized spacial score (nSPS) is 11.1. The number of aliphatic carboxylic acids is 1. The van der Waals surface area contributed by atoms with Crippen LogP contribution >= 0.6 is 27.5 Å². The summed E-state index contributed by atoms with van der Waals surface area (Å²) in [5.41, 5.74) is -1.03. The van der Waals surface area contributed by atoms with Crippen LogP contribution in [0.2, 0.25) is 5.02 Å². The topological polar surface area (TPSA) is 66.4 Å². The number of benzene rings is 1. The average Bonchev–Trinajstić information content (AvgIpc) is 2.23. The van der Waals surface area contributed by atoms with E-state index >= 15 is 0 Å². The predicted molar refractivity (Wildman–Crippen MR) is 69.2 cm³/mol. The van der Waals surface area contributed by atoms with Crippen LogP contribution in [0.25, 0.3) is 0 Å². The molecule has 92 valence electrons. The molecule has 0 fully saturated rings. The maximum atomic E-state index is 11.7. The third-order valence-corrected chi connectivity index (χ3v) is 3.51. The second kappa shape index (κ2) is 5.06. The largest absolute Gasteiger partial charge is 0.480 e. The van der Waals surface area contributed by atoms with Gasteiger partial charge in [0.25, 0.3) is 0 Å². The summed E-state index contributed by atoms with van der Waals surface area (Å²) in [5, 5.41) is 11.8. The maximum Gasteiger partial charge on any atom is 0.318 e. The molecule has 0 aromatic heterocycles. The molecule has 1 aromatic rings. The Bertz CT molecular complexity index is 474. The Kier molecular flexibility index (Phi) is 4.16. The summed E-state index contributed by atoms with van der Waals surface area (Å²) in [6.07, 6.45) is 0. The van der Waals surface area contributed by atoms with E-state index in [1.165, 1.54) is 13.8 Å². The van der Waals surface area contributed by atoms with Gasteiger partial charge >= 0.3 is 5.97 Å². The van der Waals surface area contributed by atoms with Gasteiger partial charge in [0.05, 0.1) is 5.02 Å². The molecule has 0 heterocycles. The number of rotatable bonds is 3. The molecule has 0 aliphatic carbocycles. The first-order valence-electron chi connectivity index (χ1n) is 4.75. The van der Waals surface area contributed by atoms with Crippen molar-refractivity contribution >= 4 is 45.1 Å². The smallest absolute Gasteiger partial charge is 0.318 e. The van der Waals surface area contributed by atoms with Gasteiger partial charge in [-0.2, -0.15) is 0 Å². The highest BCUT2D eigenvalue weighted by atomic mass is 79.9. The zero-order chi connectivity index (χ0) is 13.2. The molecule has 0 saturated heterocycles. The van der Waals surface area contributed by atoms with Gasteiger partial charge < -0.3 is 10.4 Å². The third-order valence-electron chi connectivity index (χ3n) is 2.28. The van der Waals surface area contributed by atoms with E-state index in [1.54, 1.807) is 18.2 Å². The SMILES string of the molecule is CC(C)(C(=O)O)C(=O)Nc1ccc(Br)c(Cl)c1. The lowest BCUT2D eigenvalue weighted by Crippen LogP contribution is -2.37. The summed E-state index contributed by atoms with van der Waals surface area (Å²) in [6.45, 7) is 2.68. The van der Waals surface area contributed by atoms with E-state index in [-0.39, 0.29) is 0 Å². The summed E-state index contributed by atoms with van der Waals surface area (Å²) in [6, 6.07) is 4.85. The molecule has 0 unspecified atom stereocenters. The Labute approximate surface area is 112 Å². The van der Waals surface area contributed by atoms with Crippen LogP contribution in [-0.2, 0) is 9.59 Å². The van der Waals surface area contributed by atoms with Crippen molar-refractivity contribution in [3.63, 3.8) is 0 Å². The molecule has 1 amide bonds. The minimum Gasteiger partial charge on any atom is -0.480 e. The Hall–Kier alpha value is -1.07. The molecule has 6 heteroatoms. The van der Waals surface area contributed by atoms with Gasteiger partial charge in [-0.15, -0.1) is 0 Å². The van der Waals surface area contributed by atoms with E-state index in [1.807, 2.05) is 0 Å². The first-order valence-corrected chi connectivity index (χ1v) is 5.92. The van der Waals surface area contributed by atoms with Crippen LogP contribution in [0.1, 0.15) is 13.8 Å². The highest BCUT2D eigenvalue weighted by Crippen LogP contribution is 2.26. The van der Waals surface area contributed by atoms with Crippen molar-refractivity contribution in [2.45, 2.75) is 13.8 Å². The molecule has 4 nitrogen and oxygen atoms in total. The highest BCUT2D eigenvalue weighted by Gasteiger charge is 2.36. The molecule has 2 N–H and O–H groups in total. The van der Waals surface area contributed by atoms with Crippen LogP contribution in [-0.4, -0.2) is 17.0 Å². The standard InChI is InChI=1S/C11H11BrClNO3/c1-11(2,10(16)17)9(15)14-6-3-4-7(12)8(13)5-6/h3-5H,1-2H3,(H,14,15)(H,16,17). The van der Waals surface area contributed by atoms with Crippen LogP contribution < -0.4 is 5.32 Å². The van der Waals surface area contributed by atoms with Crippen molar-refractivity contribution in [1.82, 2.24) is 0 Å². The van der Waals surface area contributed by atoms with Crippen molar-refractivity contribution in [3.8, 4) is 0 Å². The van der Waals surface area contributed by atoms with Crippen LogP contribution in [0.5, 0.6) is 0 Å². The van der Waals surface area contributed by atoms with E-state index in [0.717, 1.165) is 0 Å². The quantitative estimate of drug-likeness (QED) is 0.841. The molecule has 0 aliphatic rings. The second-order valence-corrected chi connectivity index (χ2v) is 5.27. The Morgan fingerprint density at radius 1 is 1.41 bits per heavy atom. The molecular formula is C11H11BrClNO3. The predicted octanol–water partition coefficient (Wildman–Crippen LogP) is 3.15. The van der Waals surface area contributed by atoms with Gasteiger partial charge in [0, 0.05) is 10.2 Å². The van der Waals surface area contributed by atoms with E-state index < -0.39 is 17.3 Å². The lowest BCUT2D eigenvalue weighted by molar-refractivity contribution is -0.151. The number of anilines is 1. The van der Waals surface area contributed by atoms with Crippen LogP contribution in [0.15, 0.2) is 22.7 Å². The van der Waals surface area contributed by atoms with E-state index in [0.29, 0.717) is 15.2 Å². The molecule has 0 radical (unpaired) electrons. The van der Waals surface area contributed by atoms with Gasteiger partial charge in [-0.05, 0) is 48.0 Å². The van der Waals surface area contributed by atoms with E-state index in [2.05, 4.69) is 21.2 Å². The van der Waals surface area contributed by atoms with Crippen LogP contribution in [0, 0.1) is 5.41 Å². The van der Waals surface area contributed by atoms with Gasteiger partial charge in [-0.25, -0.2) is 0 Å². The number of carboxylic acids is 1. The summed E-state index contributed by atoms with van der Waals surface area (Å²) in [7, 11) is 0. The van der Waals surface area contributed by atoms with Crippen molar-refractivity contribution in [2.24, 2.45) is 5.41 Å². The van der Waals surface area contributed by atoms with Gasteiger partial charge in [0.15, 0.2) is 0 Å². The first kappa shape index (κ1) is 14.0. The van der Waals surface area contributed by atoms with Crippen LogP contribution in [0.3, 0.4) is 0 Å². The zero-order valence-electron chi connectivity index (χ0n) is 9.25. The number of carbonyl (C=O) groups is 2. The van der Waals surface area contributed by atoms with Gasteiger partial charge in [-0.3, -0.25) is 9.59 Å². The Morgan fingerprint density at radius 2 is 2.00 bits per heavy atom. The monoisotopic (exact) mass is 319 g/mol. The van der Waals surface area contributed by atoms with Crippen molar-refractivity contribution in [1.29, 1.82) is 0 Å². The highest BCUT2D eigenvalue weighted by molar-refractivity contribution is 9.10. The van der Waals surface area contributed by atoms with Gasteiger partial charge in [0.2, 0.25) is 5.91 Å². The number of amides is 1. The first-order chi connectivity index (χ1) is 7.75. The zero-order valence-corrected chi connectivity index (χ0v) is 11.6. The number of hydrogen-bond acceptors (Lipinski definition) is 2. The van der Waals surface area contributed by atoms with E-state index in [9.17, 15) is 9.59 Å². The molecule has 1 rings (SSSR count).